The van der Waals surface area contributed by atoms with Crippen LogP contribution in [0.2, 0.25) is 0 Å². The molecule has 2 atom stereocenters. The van der Waals surface area contributed by atoms with Crippen molar-refractivity contribution in [3.8, 4) is 0 Å². The van der Waals surface area contributed by atoms with Crippen LogP contribution in [0.3, 0.4) is 0 Å². The highest BCUT2D eigenvalue weighted by atomic mass is 19.4. The van der Waals surface area contributed by atoms with Crippen molar-refractivity contribution in [1.82, 2.24) is 9.80 Å². The molecule has 0 aromatic heterocycles. The second-order valence-electron chi connectivity index (χ2n) is 9.40. The normalized spacial score (nSPS) is 21.7. The highest BCUT2D eigenvalue weighted by Crippen LogP contribution is 2.38. The maximum Gasteiger partial charge on any atom is 0.416 e. The maximum absolute atomic E-state index is 14.6. The summed E-state index contributed by atoms with van der Waals surface area (Å²) in [5, 5.41) is 0. The fraction of sp³-hybridized carbons (Fsp3) is 0.357. The zero-order valence-corrected chi connectivity index (χ0v) is 18.9. The molecule has 0 spiro atoms. The van der Waals surface area contributed by atoms with Gasteiger partial charge < -0.3 is 0 Å². The zero-order chi connectivity index (χ0) is 23.7. The molecular formula is C28H28F4N2. The number of piperazine rings is 1. The molecule has 2 unspecified atom stereocenters. The molecule has 0 amide bonds. The predicted molar refractivity (Wildman–Crippen MR) is 125 cm³/mol. The monoisotopic (exact) mass is 468 g/mol. The van der Waals surface area contributed by atoms with Crippen molar-refractivity contribution in [2.45, 2.75) is 43.6 Å². The van der Waals surface area contributed by atoms with Crippen molar-refractivity contribution < 1.29 is 17.6 Å². The van der Waals surface area contributed by atoms with E-state index in [0.29, 0.717) is 12.6 Å². The van der Waals surface area contributed by atoms with Crippen LogP contribution in [0.15, 0.2) is 78.9 Å². The summed E-state index contributed by atoms with van der Waals surface area (Å²) in [5.41, 5.74) is 1.75. The first-order valence-corrected chi connectivity index (χ1v) is 11.8. The number of rotatable bonds is 5. The number of hydrogen-bond acceptors (Lipinski definition) is 2. The molecule has 5 rings (SSSR count). The van der Waals surface area contributed by atoms with Gasteiger partial charge in [0.05, 0.1) is 5.56 Å². The zero-order valence-electron chi connectivity index (χ0n) is 18.9. The maximum atomic E-state index is 14.6. The minimum atomic E-state index is -4.49. The van der Waals surface area contributed by atoms with E-state index in [1.54, 1.807) is 0 Å². The van der Waals surface area contributed by atoms with Crippen LogP contribution in [0.25, 0.3) is 0 Å². The Morgan fingerprint density at radius 3 is 2.12 bits per heavy atom. The molecule has 3 aromatic carbocycles. The average Bonchev–Trinajstić information content (AvgIpc) is 3.30. The lowest BCUT2D eigenvalue weighted by Gasteiger charge is -2.47. The number of alkyl halides is 3. The van der Waals surface area contributed by atoms with Crippen LogP contribution in [0.1, 0.15) is 41.0 Å². The van der Waals surface area contributed by atoms with Crippen LogP contribution in [-0.2, 0) is 12.7 Å². The van der Waals surface area contributed by atoms with Crippen LogP contribution in [0, 0.1) is 5.82 Å². The fourth-order valence-corrected chi connectivity index (χ4v) is 5.73. The molecule has 2 fully saturated rings. The predicted octanol–water partition coefficient (Wildman–Crippen LogP) is 6.33. The third-order valence-corrected chi connectivity index (χ3v) is 7.23. The van der Waals surface area contributed by atoms with Gasteiger partial charge in [0.2, 0.25) is 0 Å². The summed E-state index contributed by atoms with van der Waals surface area (Å²) in [4.78, 5) is 4.72. The van der Waals surface area contributed by atoms with Crippen molar-refractivity contribution in [2.24, 2.45) is 0 Å². The Kier molecular flexibility index (Phi) is 6.45. The first-order valence-electron chi connectivity index (χ1n) is 11.8. The lowest BCUT2D eigenvalue weighted by Crippen LogP contribution is -2.57. The smallest absolute Gasteiger partial charge is 0.296 e. The largest absolute Gasteiger partial charge is 0.416 e. The third-order valence-electron chi connectivity index (χ3n) is 7.23. The van der Waals surface area contributed by atoms with Crippen molar-refractivity contribution in [3.63, 3.8) is 0 Å². The van der Waals surface area contributed by atoms with E-state index in [1.807, 2.05) is 36.4 Å². The summed E-state index contributed by atoms with van der Waals surface area (Å²) in [6.45, 7) is 2.59. The van der Waals surface area contributed by atoms with Crippen LogP contribution in [-0.4, -0.2) is 41.5 Å². The Morgan fingerprint density at radius 1 is 0.853 bits per heavy atom. The molecule has 3 aromatic rings. The quantitative estimate of drug-likeness (QED) is 0.404. The molecule has 0 saturated carbocycles. The van der Waals surface area contributed by atoms with Gasteiger partial charge in [0.1, 0.15) is 5.82 Å². The molecule has 2 saturated heterocycles. The summed E-state index contributed by atoms with van der Waals surface area (Å²) in [6.07, 6.45) is -2.33. The van der Waals surface area contributed by atoms with E-state index in [9.17, 15) is 17.6 Å². The molecule has 34 heavy (non-hydrogen) atoms. The van der Waals surface area contributed by atoms with E-state index in [-0.39, 0.29) is 24.1 Å². The SMILES string of the molecule is Fc1ccc(C(F)(F)F)cc1CN1CC2CCCN2C(C(c2ccccc2)c2ccccc2)C1. The summed E-state index contributed by atoms with van der Waals surface area (Å²) in [5.74, 6) is -0.460. The summed E-state index contributed by atoms with van der Waals surface area (Å²) < 4.78 is 54.3. The van der Waals surface area contributed by atoms with E-state index < -0.39 is 17.6 Å². The number of benzene rings is 3. The molecule has 0 aliphatic carbocycles. The first kappa shape index (κ1) is 23.1. The molecule has 2 nitrogen and oxygen atoms in total. The first-order chi connectivity index (χ1) is 16.4. The van der Waals surface area contributed by atoms with Crippen LogP contribution in [0.5, 0.6) is 0 Å². The Labute approximate surface area is 197 Å². The van der Waals surface area contributed by atoms with E-state index in [4.69, 9.17) is 0 Å². The molecule has 178 valence electrons. The van der Waals surface area contributed by atoms with Gasteiger partial charge in [-0.05, 0) is 48.7 Å². The highest BCUT2D eigenvalue weighted by molar-refractivity contribution is 5.35. The van der Waals surface area contributed by atoms with Gasteiger partial charge in [-0.25, -0.2) is 4.39 Å². The van der Waals surface area contributed by atoms with E-state index in [0.717, 1.165) is 44.1 Å². The molecule has 6 heteroatoms. The van der Waals surface area contributed by atoms with Gasteiger partial charge in [-0.1, -0.05) is 60.7 Å². The number of halogens is 4. The van der Waals surface area contributed by atoms with Gasteiger partial charge >= 0.3 is 6.18 Å². The molecule has 0 radical (unpaired) electrons. The Hall–Kier alpha value is -2.70. The van der Waals surface area contributed by atoms with E-state index >= 15 is 0 Å². The summed E-state index contributed by atoms with van der Waals surface area (Å²) in [6, 6.07) is 24.0. The summed E-state index contributed by atoms with van der Waals surface area (Å²) in [7, 11) is 0. The molecule has 0 bridgehead atoms. The number of nitrogens with zero attached hydrogens (tertiary/aromatic N) is 2. The fourth-order valence-electron chi connectivity index (χ4n) is 5.73. The van der Waals surface area contributed by atoms with Crippen LogP contribution < -0.4 is 0 Å². The second kappa shape index (κ2) is 9.51. The molecule has 2 aliphatic rings. The lowest BCUT2D eigenvalue weighted by atomic mass is 9.82. The van der Waals surface area contributed by atoms with Crippen LogP contribution >= 0.6 is 0 Å². The van der Waals surface area contributed by atoms with Crippen molar-refractivity contribution in [3.05, 3.63) is 107 Å². The Bertz CT molecular complexity index is 1060. The summed E-state index contributed by atoms with van der Waals surface area (Å²) >= 11 is 0. The van der Waals surface area contributed by atoms with Gasteiger partial charge in [-0.3, -0.25) is 9.80 Å². The van der Waals surface area contributed by atoms with Gasteiger partial charge in [-0.2, -0.15) is 13.2 Å². The molecule has 2 aliphatic heterocycles. The topological polar surface area (TPSA) is 6.48 Å². The second-order valence-corrected chi connectivity index (χ2v) is 9.40. The van der Waals surface area contributed by atoms with Gasteiger partial charge in [0.15, 0.2) is 0 Å². The lowest BCUT2D eigenvalue weighted by molar-refractivity contribution is -0.137. The van der Waals surface area contributed by atoms with Gasteiger partial charge in [0.25, 0.3) is 0 Å². The molecule has 0 N–H and O–H groups in total. The average molecular weight is 469 g/mol. The molecular weight excluding hydrogens is 440 g/mol. The Balaban J connectivity index is 1.48. The number of hydrogen-bond donors (Lipinski definition) is 0. The van der Waals surface area contributed by atoms with E-state index in [1.165, 1.54) is 11.1 Å². The third kappa shape index (κ3) is 4.75. The van der Waals surface area contributed by atoms with E-state index in [2.05, 4.69) is 34.1 Å². The Morgan fingerprint density at radius 2 is 1.50 bits per heavy atom. The van der Waals surface area contributed by atoms with Crippen molar-refractivity contribution in [1.29, 1.82) is 0 Å². The highest BCUT2D eigenvalue weighted by Gasteiger charge is 2.42. The van der Waals surface area contributed by atoms with Crippen molar-refractivity contribution >= 4 is 0 Å². The van der Waals surface area contributed by atoms with Gasteiger partial charge in [-0.15, -0.1) is 0 Å². The van der Waals surface area contributed by atoms with Crippen LogP contribution in [0.4, 0.5) is 17.6 Å². The molecule has 2 heterocycles. The number of fused-ring (bicyclic) bond motifs is 1. The van der Waals surface area contributed by atoms with Gasteiger partial charge in [0, 0.05) is 43.2 Å². The standard InChI is InChI=1S/C28H28F4N2/c29-25-14-13-23(28(30,31)32)16-22(25)17-33-18-24-12-7-15-34(24)26(19-33)27(20-8-3-1-4-9-20)21-10-5-2-6-11-21/h1-6,8-11,13-14,16,24,26-27H,7,12,15,17-19H2. The van der Waals surface area contributed by atoms with Crippen molar-refractivity contribution in [2.75, 3.05) is 19.6 Å². The minimum absolute atomic E-state index is 0.107. The minimum Gasteiger partial charge on any atom is -0.296 e.